The van der Waals surface area contributed by atoms with E-state index in [0.29, 0.717) is 0 Å². The first-order chi connectivity index (χ1) is 8.79. The fourth-order valence-corrected chi connectivity index (χ4v) is 2.80. The Labute approximate surface area is 107 Å². The summed E-state index contributed by atoms with van der Waals surface area (Å²) in [6.45, 7) is 4.93. The van der Waals surface area contributed by atoms with Gasteiger partial charge in [-0.05, 0) is 24.1 Å². The van der Waals surface area contributed by atoms with Crippen molar-refractivity contribution in [3.05, 3.63) is 29.3 Å². The fraction of sp³-hybridized carbons (Fsp3) is 0.500. The van der Waals surface area contributed by atoms with E-state index in [0.717, 1.165) is 43.7 Å². The molecule has 2 heterocycles. The van der Waals surface area contributed by atoms with Crippen LogP contribution in [0, 0.1) is 0 Å². The number of anilines is 1. The second-order valence-electron chi connectivity index (χ2n) is 4.99. The number of carbonyl (C=O) groups excluding carboxylic acids is 1. The molecule has 0 radical (unpaired) electrons. The number of piperazine rings is 1. The lowest BCUT2D eigenvalue weighted by Crippen LogP contribution is -2.62. The summed E-state index contributed by atoms with van der Waals surface area (Å²) < 4.78 is 0. The molecule has 1 fully saturated rings. The summed E-state index contributed by atoms with van der Waals surface area (Å²) >= 11 is 0. The molecule has 96 valence electrons. The summed E-state index contributed by atoms with van der Waals surface area (Å²) in [6, 6.07) is 6.23. The minimum atomic E-state index is 0.0537. The van der Waals surface area contributed by atoms with E-state index in [4.69, 9.17) is 0 Å². The van der Waals surface area contributed by atoms with E-state index in [1.54, 1.807) is 0 Å². The number of nitrogens with zero attached hydrogens (tertiary/aromatic N) is 1. The predicted molar refractivity (Wildman–Crippen MR) is 71.9 cm³/mol. The smallest absolute Gasteiger partial charge is 0.255 e. The van der Waals surface area contributed by atoms with Gasteiger partial charge in [-0.2, -0.15) is 0 Å². The quantitative estimate of drug-likeness (QED) is 0.820. The van der Waals surface area contributed by atoms with Gasteiger partial charge in [-0.15, -0.1) is 0 Å². The number of hydrogen-bond acceptors (Lipinski definition) is 3. The summed E-state index contributed by atoms with van der Waals surface area (Å²) in [5.74, 6) is 0.0537. The van der Waals surface area contributed by atoms with Gasteiger partial charge in [0, 0.05) is 19.6 Å². The zero-order valence-corrected chi connectivity index (χ0v) is 10.7. The van der Waals surface area contributed by atoms with E-state index in [2.05, 4.69) is 34.6 Å². The lowest BCUT2D eigenvalue weighted by atomic mass is 10.0. The van der Waals surface area contributed by atoms with Crippen LogP contribution in [0.3, 0.4) is 0 Å². The highest BCUT2D eigenvalue weighted by Crippen LogP contribution is 2.28. The van der Waals surface area contributed by atoms with Crippen molar-refractivity contribution in [3.8, 4) is 0 Å². The molecule has 1 aromatic rings. The Morgan fingerprint density at radius 2 is 2.33 bits per heavy atom. The standard InChI is InChI=1S/C14H19N3O/c1-2-3-10-4-5-11-12(8-10)17-7-6-15-9-13(17)16-14(11)18/h4-5,8,13,15H,2-3,6-7,9H2,1H3,(H,16,18)/t13-/m0/s1. The first-order valence-electron chi connectivity index (χ1n) is 6.70. The van der Waals surface area contributed by atoms with Crippen molar-refractivity contribution in [2.75, 3.05) is 24.5 Å². The Balaban J connectivity index is 2.00. The fourth-order valence-electron chi connectivity index (χ4n) is 2.80. The molecular weight excluding hydrogens is 226 g/mol. The number of rotatable bonds is 2. The molecule has 0 aromatic heterocycles. The van der Waals surface area contributed by atoms with Gasteiger partial charge in [0.25, 0.3) is 5.91 Å². The summed E-state index contributed by atoms with van der Waals surface area (Å²) in [4.78, 5) is 14.4. The first-order valence-corrected chi connectivity index (χ1v) is 6.70. The first kappa shape index (κ1) is 11.5. The molecule has 1 saturated heterocycles. The van der Waals surface area contributed by atoms with Gasteiger partial charge in [-0.3, -0.25) is 4.79 Å². The van der Waals surface area contributed by atoms with Crippen LogP contribution in [-0.2, 0) is 6.42 Å². The van der Waals surface area contributed by atoms with E-state index >= 15 is 0 Å². The van der Waals surface area contributed by atoms with Gasteiger partial charge in [0.15, 0.2) is 0 Å². The topological polar surface area (TPSA) is 44.4 Å². The van der Waals surface area contributed by atoms with Gasteiger partial charge in [0.1, 0.15) is 6.17 Å². The molecule has 2 aliphatic heterocycles. The highest BCUT2D eigenvalue weighted by atomic mass is 16.2. The molecule has 4 heteroatoms. The van der Waals surface area contributed by atoms with Gasteiger partial charge in [-0.1, -0.05) is 19.4 Å². The average molecular weight is 245 g/mol. The molecule has 0 saturated carbocycles. The third-order valence-electron chi connectivity index (χ3n) is 3.70. The van der Waals surface area contributed by atoms with Crippen LogP contribution in [-0.4, -0.2) is 31.7 Å². The normalized spacial score (nSPS) is 22.2. The molecule has 4 nitrogen and oxygen atoms in total. The molecule has 0 spiro atoms. The van der Waals surface area contributed by atoms with Crippen LogP contribution in [0.4, 0.5) is 5.69 Å². The van der Waals surface area contributed by atoms with Crippen LogP contribution in [0.15, 0.2) is 18.2 Å². The van der Waals surface area contributed by atoms with E-state index < -0.39 is 0 Å². The van der Waals surface area contributed by atoms with Gasteiger partial charge < -0.3 is 15.5 Å². The number of nitrogens with one attached hydrogen (secondary N) is 2. The zero-order chi connectivity index (χ0) is 12.5. The van der Waals surface area contributed by atoms with Crippen LogP contribution >= 0.6 is 0 Å². The Morgan fingerprint density at radius 3 is 3.17 bits per heavy atom. The van der Waals surface area contributed by atoms with Crippen molar-refractivity contribution in [1.29, 1.82) is 0 Å². The highest BCUT2D eigenvalue weighted by Gasteiger charge is 2.32. The predicted octanol–water partition coefficient (Wildman–Crippen LogP) is 1.12. The second-order valence-corrected chi connectivity index (χ2v) is 4.99. The van der Waals surface area contributed by atoms with Crippen LogP contribution < -0.4 is 15.5 Å². The molecule has 0 unspecified atom stereocenters. The third-order valence-corrected chi connectivity index (χ3v) is 3.70. The summed E-state index contributed by atoms with van der Waals surface area (Å²) in [6.07, 6.45) is 2.32. The molecule has 0 aliphatic carbocycles. The third kappa shape index (κ3) is 1.86. The minimum Gasteiger partial charge on any atom is -0.348 e. The Kier molecular flexibility index (Phi) is 2.96. The molecule has 18 heavy (non-hydrogen) atoms. The number of carbonyl (C=O) groups is 1. The summed E-state index contributed by atoms with van der Waals surface area (Å²) in [7, 11) is 0. The molecule has 0 bridgehead atoms. The molecule has 1 amide bonds. The molecule has 1 aromatic carbocycles. The molecule has 1 atom stereocenters. The maximum Gasteiger partial charge on any atom is 0.255 e. The van der Waals surface area contributed by atoms with E-state index in [9.17, 15) is 4.79 Å². The van der Waals surface area contributed by atoms with Crippen molar-refractivity contribution < 1.29 is 4.79 Å². The maximum atomic E-state index is 12.0. The molecule has 3 rings (SSSR count). The van der Waals surface area contributed by atoms with Crippen molar-refractivity contribution >= 4 is 11.6 Å². The zero-order valence-electron chi connectivity index (χ0n) is 10.7. The minimum absolute atomic E-state index is 0.0537. The Hall–Kier alpha value is -1.55. The highest BCUT2D eigenvalue weighted by molar-refractivity contribution is 6.02. The number of aryl methyl sites for hydroxylation is 1. The van der Waals surface area contributed by atoms with E-state index in [-0.39, 0.29) is 12.1 Å². The van der Waals surface area contributed by atoms with Gasteiger partial charge in [0.2, 0.25) is 0 Å². The molecule has 2 N–H and O–H groups in total. The molecular formula is C14H19N3O. The van der Waals surface area contributed by atoms with Crippen LogP contribution in [0.1, 0.15) is 29.3 Å². The lowest BCUT2D eigenvalue weighted by Gasteiger charge is -2.42. The van der Waals surface area contributed by atoms with Crippen LogP contribution in [0.5, 0.6) is 0 Å². The number of amides is 1. The van der Waals surface area contributed by atoms with E-state index in [1.807, 2.05) is 6.07 Å². The molecule has 2 aliphatic rings. The van der Waals surface area contributed by atoms with Crippen LogP contribution in [0.25, 0.3) is 0 Å². The van der Waals surface area contributed by atoms with Crippen molar-refractivity contribution in [3.63, 3.8) is 0 Å². The summed E-state index contributed by atoms with van der Waals surface area (Å²) in [5.41, 5.74) is 3.24. The van der Waals surface area contributed by atoms with Crippen LogP contribution in [0.2, 0.25) is 0 Å². The maximum absolute atomic E-state index is 12.0. The van der Waals surface area contributed by atoms with E-state index in [1.165, 1.54) is 5.56 Å². The number of fused-ring (bicyclic) bond motifs is 3. The van der Waals surface area contributed by atoms with Gasteiger partial charge in [-0.25, -0.2) is 0 Å². The Morgan fingerprint density at radius 1 is 1.44 bits per heavy atom. The largest absolute Gasteiger partial charge is 0.348 e. The lowest BCUT2D eigenvalue weighted by molar-refractivity contribution is 0.0923. The summed E-state index contributed by atoms with van der Waals surface area (Å²) in [5, 5.41) is 6.37. The van der Waals surface area contributed by atoms with Crippen molar-refractivity contribution in [2.24, 2.45) is 0 Å². The number of benzene rings is 1. The average Bonchev–Trinajstić information content (AvgIpc) is 2.39. The van der Waals surface area contributed by atoms with Crippen molar-refractivity contribution in [2.45, 2.75) is 25.9 Å². The van der Waals surface area contributed by atoms with Crippen molar-refractivity contribution in [1.82, 2.24) is 10.6 Å². The second kappa shape index (κ2) is 4.61. The monoisotopic (exact) mass is 245 g/mol. The SMILES string of the molecule is CCCc1ccc2c(c1)N1CCNC[C@H]1NC2=O. The Bertz CT molecular complexity index is 472. The van der Waals surface area contributed by atoms with Gasteiger partial charge in [0.05, 0.1) is 11.3 Å². The number of hydrogen-bond donors (Lipinski definition) is 2. The van der Waals surface area contributed by atoms with Gasteiger partial charge >= 0.3 is 0 Å².